The molecule has 2 heterocycles. The number of nitrogens with one attached hydrogen (secondary N) is 1. The zero-order valence-corrected chi connectivity index (χ0v) is 9.17. The van der Waals surface area contributed by atoms with Gasteiger partial charge in [-0.15, -0.1) is 0 Å². The van der Waals surface area contributed by atoms with Crippen LogP contribution in [0.3, 0.4) is 0 Å². The third-order valence-electron chi connectivity index (χ3n) is 4.78. The van der Waals surface area contributed by atoms with E-state index in [2.05, 4.69) is 5.32 Å². The summed E-state index contributed by atoms with van der Waals surface area (Å²) in [7, 11) is 0. The number of hydrogen-bond donors (Lipinski definition) is 1. The Bertz CT molecular complexity index is 185. The highest BCUT2D eigenvalue weighted by Crippen LogP contribution is 2.37. The van der Waals surface area contributed by atoms with E-state index < -0.39 is 0 Å². The molecular formula is C13H23N. The van der Waals surface area contributed by atoms with Gasteiger partial charge in [-0.1, -0.05) is 32.1 Å². The van der Waals surface area contributed by atoms with Crippen molar-refractivity contribution in [1.82, 2.24) is 5.32 Å². The number of hydrogen-bond acceptors (Lipinski definition) is 1. The molecule has 0 radical (unpaired) electrons. The van der Waals surface area contributed by atoms with E-state index in [-0.39, 0.29) is 0 Å². The van der Waals surface area contributed by atoms with Crippen molar-refractivity contribution >= 4 is 0 Å². The maximum atomic E-state index is 3.74. The summed E-state index contributed by atoms with van der Waals surface area (Å²) in [6.45, 7) is 0. The lowest BCUT2D eigenvalue weighted by atomic mass is 9.78. The molecule has 3 aliphatic rings. The van der Waals surface area contributed by atoms with Crippen LogP contribution in [0.15, 0.2) is 0 Å². The molecule has 1 N–H and O–H groups in total. The van der Waals surface area contributed by atoms with E-state index >= 15 is 0 Å². The number of piperidine rings is 1. The quantitative estimate of drug-likeness (QED) is 0.726. The van der Waals surface area contributed by atoms with Crippen LogP contribution in [0.4, 0.5) is 0 Å². The molecule has 2 aliphatic heterocycles. The van der Waals surface area contributed by atoms with E-state index in [1.807, 2.05) is 0 Å². The van der Waals surface area contributed by atoms with Gasteiger partial charge in [0.25, 0.3) is 0 Å². The molecule has 0 spiro atoms. The molecule has 80 valence electrons. The Hall–Kier alpha value is -0.0400. The van der Waals surface area contributed by atoms with Crippen LogP contribution in [0, 0.1) is 11.8 Å². The summed E-state index contributed by atoms with van der Waals surface area (Å²) in [5, 5.41) is 3.74. The molecule has 0 aromatic carbocycles. The highest BCUT2D eigenvalue weighted by atomic mass is 15.0. The van der Waals surface area contributed by atoms with Crippen LogP contribution in [0.5, 0.6) is 0 Å². The molecule has 14 heavy (non-hydrogen) atoms. The fourth-order valence-corrected chi connectivity index (χ4v) is 3.66. The Labute approximate surface area is 87.7 Å². The van der Waals surface area contributed by atoms with Crippen molar-refractivity contribution in [3.05, 3.63) is 0 Å². The van der Waals surface area contributed by atoms with Gasteiger partial charge in [0.1, 0.15) is 0 Å². The lowest BCUT2D eigenvalue weighted by molar-refractivity contribution is 0.229. The van der Waals surface area contributed by atoms with Crippen molar-refractivity contribution in [3.8, 4) is 0 Å². The van der Waals surface area contributed by atoms with E-state index in [9.17, 15) is 0 Å². The predicted octanol–water partition coefficient (Wildman–Crippen LogP) is 3.10. The Morgan fingerprint density at radius 3 is 2.00 bits per heavy atom. The smallest absolute Gasteiger partial charge is 0.00728 e. The van der Waals surface area contributed by atoms with E-state index in [4.69, 9.17) is 0 Å². The van der Waals surface area contributed by atoms with E-state index in [0.717, 1.165) is 23.9 Å². The average Bonchev–Trinajstić information content (AvgIpc) is 2.43. The van der Waals surface area contributed by atoms with Gasteiger partial charge in [0.05, 0.1) is 0 Å². The Balaban J connectivity index is 1.44. The molecule has 0 aromatic rings. The van der Waals surface area contributed by atoms with Gasteiger partial charge in [-0.25, -0.2) is 0 Å². The van der Waals surface area contributed by atoms with Crippen LogP contribution in [-0.2, 0) is 0 Å². The molecule has 1 heteroatoms. The highest BCUT2D eigenvalue weighted by Gasteiger charge is 2.33. The second kappa shape index (κ2) is 3.84. The fraction of sp³-hybridized carbons (Fsp3) is 1.00. The monoisotopic (exact) mass is 193 g/mol. The second-order valence-electron chi connectivity index (χ2n) is 5.85. The summed E-state index contributed by atoms with van der Waals surface area (Å²) in [5.74, 6) is 2.21. The summed E-state index contributed by atoms with van der Waals surface area (Å²) in [6.07, 6.45) is 13.6. The van der Waals surface area contributed by atoms with Gasteiger partial charge < -0.3 is 5.32 Å². The first-order chi connectivity index (χ1) is 6.90. The first-order valence-corrected chi connectivity index (χ1v) is 6.66. The molecule has 0 aromatic heterocycles. The third kappa shape index (κ3) is 1.84. The van der Waals surface area contributed by atoms with Crippen LogP contribution in [0.2, 0.25) is 0 Å². The van der Waals surface area contributed by atoms with E-state index in [0.29, 0.717) is 0 Å². The normalized spacial score (nSPS) is 42.4. The van der Waals surface area contributed by atoms with Crippen LogP contribution >= 0.6 is 0 Å². The molecular weight excluding hydrogens is 170 g/mol. The molecule has 2 bridgehead atoms. The molecule has 2 unspecified atom stereocenters. The van der Waals surface area contributed by atoms with Crippen molar-refractivity contribution in [2.75, 3.05) is 0 Å². The summed E-state index contributed by atoms with van der Waals surface area (Å²) in [6, 6.07) is 1.81. The van der Waals surface area contributed by atoms with Crippen molar-refractivity contribution in [2.24, 2.45) is 11.8 Å². The predicted molar refractivity (Wildman–Crippen MR) is 59.2 cm³/mol. The summed E-state index contributed by atoms with van der Waals surface area (Å²) < 4.78 is 0. The molecule has 1 saturated carbocycles. The Morgan fingerprint density at radius 1 is 0.786 bits per heavy atom. The molecule has 3 fully saturated rings. The second-order valence-corrected chi connectivity index (χ2v) is 5.85. The minimum absolute atomic E-state index is 0.903. The zero-order valence-electron chi connectivity index (χ0n) is 9.17. The first-order valence-electron chi connectivity index (χ1n) is 6.66. The summed E-state index contributed by atoms with van der Waals surface area (Å²) >= 11 is 0. The molecule has 1 nitrogen and oxygen atoms in total. The van der Waals surface area contributed by atoms with Crippen molar-refractivity contribution in [2.45, 2.75) is 69.9 Å². The van der Waals surface area contributed by atoms with Crippen LogP contribution in [-0.4, -0.2) is 12.1 Å². The first kappa shape index (κ1) is 9.21. The minimum Gasteiger partial charge on any atom is -0.311 e. The van der Waals surface area contributed by atoms with Gasteiger partial charge >= 0.3 is 0 Å². The van der Waals surface area contributed by atoms with Gasteiger partial charge in [-0.3, -0.25) is 0 Å². The lowest BCUT2D eigenvalue weighted by Gasteiger charge is -2.32. The van der Waals surface area contributed by atoms with E-state index in [1.165, 1.54) is 44.9 Å². The van der Waals surface area contributed by atoms with Crippen molar-refractivity contribution < 1.29 is 0 Å². The molecule has 2 atom stereocenters. The van der Waals surface area contributed by atoms with Gasteiger partial charge in [0, 0.05) is 12.1 Å². The molecule has 1 aliphatic carbocycles. The summed E-state index contributed by atoms with van der Waals surface area (Å²) in [5.41, 5.74) is 0. The van der Waals surface area contributed by atoms with Crippen molar-refractivity contribution in [1.29, 1.82) is 0 Å². The van der Waals surface area contributed by atoms with Gasteiger partial charge in [-0.2, -0.15) is 0 Å². The molecule has 0 amide bonds. The van der Waals surface area contributed by atoms with E-state index in [1.54, 1.807) is 12.8 Å². The van der Waals surface area contributed by atoms with Crippen LogP contribution in [0.25, 0.3) is 0 Å². The maximum Gasteiger partial charge on any atom is 0.00728 e. The minimum atomic E-state index is 0.903. The topological polar surface area (TPSA) is 12.0 Å². The zero-order chi connectivity index (χ0) is 9.38. The van der Waals surface area contributed by atoms with Gasteiger partial charge in [-0.05, 0) is 37.5 Å². The maximum absolute atomic E-state index is 3.74. The third-order valence-corrected chi connectivity index (χ3v) is 4.78. The average molecular weight is 193 g/mol. The molecule has 2 saturated heterocycles. The summed E-state index contributed by atoms with van der Waals surface area (Å²) in [4.78, 5) is 0. The van der Waals surface area contributed by atoms with Gasteiger partial charge in [0.2, 0.25) is 0 Å². The fourth-order valence-electron chi connectivity index (χ4n) is 3.66. The number of rotatable bonds is 3. The van der Waals surface area contributed by atoms with Crippen LogP contribution in [0.1, 0.15) is 57.8 Å². The Kier molecular flexibility index (Phi) is 2.53. The SMILES string of the molecule is C1CC(CCC2CC3CCC(C2)N3)C1. The largest absolute Gasteiger partial charge is 0.311 e. The van der Waals surface area contributed by atoms with Crippen LogP contribution < -0.4 is 5.32 Å². The van der Waals surface area contributed by atoms with Gasteiger partial charge in [0.15, 0.2) is 0 Å². The Morgan fingerprint density at radius 2 is 1.43 bits per heavy atom. The highest BCUT2D eigenvalue weighted by molar-refractivity contribution is 4.92. The van der Waals surface area contributed by atoms with Crippen molar-refractivity contribution in [3.63, 3.8) is 0 Å². The number of fused-ring (bicyclic) bond motifs is 2. The molecule has 3 rings (SSSR count). The standard InChI is InChI=1S/C13H23N/c1-2-10(3-1)4-5-11-8-12-6-7-13(9-11)14-12/h10-14H,1-9H2. The lowest BCUT2D eigenvalue weighted by Crippen LogP contribution is -2.38.